The Bertz CT molecular complexity index is 880. The van der Waals surface area contributed by atoms with Gasteiger partial charge in [0.25, 0.3) is 0 Å². The maximum absolute atomic E-state index is 12.8. The first kappa shape index (κ1) is 18.1. The van der Waals surface area contributed by atoms with E-state index in [1.807, 2.05) is 0 Å². The van der Waals surface area contributed by atoms with Crippen LogP contribution in [0.2, 0.25) is 0 Å². The van der Waals surface area contributed by atoms with Gasteiger partial charge in [0.2, 0.25) is 5.75 Å². The lowest BCUT2D eigenvalue weighted by Gasteiger charge is -2.13. The number of phenols is 3. The second kappa shape index (κ2) is 7.09. The molecule has 0 aliphatic rings. The van der Waals surface area contributed by atoms with Crippen molar-refractivity contribution in [3.05, 3.63) is 52.6 Å². The van der Waals surface area contributed by atoms with E-state index in [1.165, 1.54) is 38.3 Å². The van der Waals surface area contributed by atoms with Crippen molar-refractivity contribution in [1.29, 1.82) is 0 Å². The molecule has 0 aliphatic carbocycles. The van der Waals surface area contributed by atoms with Gasteiger partial charge in [0.05, 0.1) is 12.7 Å². The van der Waals surface area contributed by atoms with Crippen molar-refractivity contribution < 1.29 is 29.6 Å². The molecule has 3 N–H and O–H groups in total. The van der Waals surface area contributed by atoms with Crippen molar-refractivity contribution in [3.63, 3.8) is 0 Å². The summed E-state index contributed by atoms with van der Waals surface area (Å²) in [5.74, 6) is -2.32. The number of rotatable bonds is 5. The molecular weight excluding hydrogens is 324 g/mol. The quantitative estimate of drug-likeness (QED) is 0.720. The number of methoxy groups -OCH3 is 1. The van der Waals surface area contributed by atoms with Crippen molar-refractivity contribution in [2.75, 3.05) is 7.11 Å². The smallest absolute Gasteiger partial charge is 0.203 e. The number of hydrogen-bond acceptors (Lipinski definition) is 6. The van der Waals surface area contributed by atoms with Crippen LogP contribution in [0.15, 0.2) is 30.3 Å². The van der Waals surface area contributed by atoms with E-state index in [-0.39, 0.29) is 39.7 Å². The fourth-order valence-corrected chi connectivity index (χ4v) is 2.49. The van der Waals surface area contributed by atoms with Crippen LogP contribution in [0, 0.1) is 0 Å². The highest BCUT2D eigenvalue weighted by Crippen LogP contribution is 2.39. The number of Topliss-reactive ketones (excluding diaryl/α,β-unsaturated/α-hetero) is 1. The van der Waals surface area contributed by atoms with Crippen molar-refractivity contribution in [2.24, 2.45) is 0 Å². The van der Waals surface area contributed by atoms with Crippen LogP contribution in [-0.2, 0) is 0 Å². The molecule has 130 valence electrons. The highest BCUT2D eigenvalue weighted by Gasteiger charge is 2.24. The molecule has 0 atom stereocenters. The molecule has 25 heavy (non-hydrogen) atoms. The Morgan fingerprint density at radius 3 is 2.24 bits per heavy atom. The fraction of sp³-hybridized carbons (Fsp3) is 0.158. The Labute approximate surface area is 144 Å². The van der Waals surface area contributed by atoms with Crippen molar-refractivity contribution in [3.8, 4) is 23.0 Å². The number of benzene rings is 2. The average Bonchev–Trinajstić information content (AvgIpc) is 2.56. The fourth-order valence-electron chi connectivity index (χ4n) is 2.49. The van der Waals surface area contributed by atoms with Crippen LogP contribution < -0.4 is 4.74 Å². The molecule has 0 bridgehead atoms. The van der Waals surface area contributed by atoms with E-state index < -0.39 is 11.5 Å². The molecule has 0 amide bonds. The van der Waals surface area contributed by atoms with Gasteiger partial charge in [-0.3, -0.25) is 9.59 Å². The number of ketones is 2. The first-order valence-electron chi connectivity index (χ1n) is 7.46. The number of allylic oxidation sites excluding steroid dienone is 1. The Hall–Kier alpha value is -3.28. The van der Waals surface area contributed by atoms with E-state index >= 15 is 0 Å². The molecule has 2 rings (SSSR count). The lowest BCUT2D eigenvalue weighted by atomic mass is 9.93. The number of carbonyl (C=O) groups is 2. The van der Waals surface area contributed by atoms with Crippen LogP contribution in [0.5, 0.6) is 23.0 Å². The van der Waals surface area contributed by atoms with Gasteiger partial charge in [0.15, 0.2) is 23.1 Å². The van der Waals surface area contributed by atoms with Crippen molar-refractivity contribution >= 4 is 17.6 Å². The Morgan fingerprint density at radius 2 is 1.68 bits per heavy atom. The Kier molecular flexibility index (Phi) is 5.12. The highest BCUT2D eigenvalue weighted by molar-refractivity contribution is 6.17. The predicted octanol–water partition coefficient (Wildman–Crippen LogP) is 3.28. The molecule has 0 saturated heterocycles. The zero-order valence-electron chi connectivity index (χ0n) is 14.0. The van der Waals surface area contributed by atoms with Crippen LogP contribution in [0.4, 0.5) is 0 Å². The zero-order chi connectivity index (χ0) is 18.7. The van der Waals surface area contributed by atoms with Crippen LogP contribution in [-0.4, -0.2) is 34.0 Å². The van der Waals surface area contributed by atoms with Crippen LogP contribution in [0.25, 0.3) is 6.08 Å². The molecule has 0 fully saturated rings. The molecule has 2 aromatic carbocycles. The average molecular weight is 342 g/mol. The number of ether oxygens (including phenoxy) is 1. The SMILES string of the molecule is C/C=C\c1cc(C(C)=O)c(C(=O)c2ccc(O)c(OC)c2O)cc1O. The molecule has 2 aromatic rings. The van der Waals surface area contributed by atoms with Gasteiger partial charge in [-0.25, -0.2) is 0 Å². The van der Waals surface area contributed by atoms with E-state index in [1.54, 1.807) is 19.1 Å². The summed E-state index contributed by atoms with van der Waals surface area (Å²) in [6.45, 7) is 3.06. The molecule has 0 aromatic heterocycles. The monoisotopic (exact) mass is 342 g/mol. The standard InChI is InChI=1S/C19H18O6/c1-4-5-11-8-13(10(2)20)14(9-16(11)22)17(23)12-6-7-15(21)19(25-3)18(12)24/h4-9,21-22,24H,1-3H3/b5-4-. The summed E-state index contributed by atoms with van der Waals surface area (Å²) < 4.78 is 4.88. The molecule has 6 nitrogen and oxygen atoms in total. The molecule has 0 aliphatic heterocycles. The Balaban J connectivity index is 2.68. The summed E-state index contributed by atoms with van der Waals surface area (Å²) in [6.07, 6.45) is 3.30. The molecular formula is C19H18O6. The minimum atomic E-state index is -0.677. The number of phenolic OH excluding ortho intramolecular Hbond substituents is 3. The largest absolute Gasteiger partial charge is 0.507 e. The van der Waals surface area contributed by atoms with Crippen LogP contribution >= 0.6 is 0 Å². The molecule has 0 saturated carbocycles. The van der Waals surface area contributed by atoms with Crippen LogP contribution in [0.3, 0.4) is 0 Å². The minimum absolute atomic E-state index is 0.0544. The van der Waals surface area contributed by atoms with E-state index in [2.05, 4.69) is 0 Å². The number of carbonyl (C=O) groups excluding carboxylic acids is 2. The number of aromatic hydroxyl groups is 3. The van der Waals surface area contributed by atoms with E-state index in [9.17, 15) is 24.9 Å². The zero-order valence-corrected chi connectivity index (χ0v) is 14.0. The van der Waals surface area contributed by atoms with E-state index in [0.717, 1.165) is 0 Å². The first-order chi connectivity index (χ1) is 11.8. The lowest BCUT2D eigenvalue weighted by Crippen LogP contribution is -2.09. The second-order valence-corrected chi connectivity index (χ2v) is 5.36. The normalized spacial score (nSPS) is 10.8. The summed E-state index contributed by atoms with van der Waals surface area (Å²) in [4.78, 5) is 24.8. The highest BCUT2D eigenvalue weighted by atomic mass is 16.5. The van der Waals surface area contributed by atoms with Gasteiger partial charge < -0.3 is 20.1 Å². The van der Waals surface area contributed by atoms with Gasteiger partial charge in [0.1, 0.15) is 5.75 Å². The van der Waals surface area contributed by atoms with Gasteiger partial charge in [-0.1, -0.05) is 12.2 Å². The minimum Gasteiger partial charge on any atom is -0.507 e. The predicted molar refractivity (Wildman–Crippen MR) is 92.6 cm³/mol. The summed E-state index contributed by atoms with van der Waals surface area (Å²) in [7, 11) is 1.24. The van der Waals surface area contributed by atoms with Gasteiger partial charge in [0, 0.05) is 16.7 Å². The van der Waals surface area contributed by atoms with Gasteiger partial charge in [-0.05, 0) is 38.1 Å². The third-order valence-corrected chi connectivity index (χ3v) is 3.70. The maximum Gasteiger partial charge on any atom is 0.203 e. The second-order valence-electron chi connectivity index (χ2n) is 5.36. The van der Waals surface area contributed by atoms with Crippen molar-refractivity contribution in [2.45, 2.75) is 13.8 Å². The molecule has 0 radical (unpaired) electrons. The third-order valence-electron chi connectivity index (χ3n) is 3.70. The number of hydrogen-bond donors (Lipinski definition) is 3. The molecule has 0 spiro atoms. The summed E-state index contributed by atoms with van der Waals surface area (Å²) >= 11 is 0. The summed E-state index contributed by atoms with van der Waals surface area (Å²) in [5, 5.41) is 29.9. The van der Waals surface area contributed by atoms with E-state index in [4.69, 9.17) is 4.74 Å². The molecule has 6 heteroatoms. The summed E-state index contributed by atoms with van der Waals surface area (Å²) in [6, 6.07) is 5.02. The molecule has 0 unspecified atom stereocenters. The van der Waals surface area contributed by atoms with Gasteiger partial charge in [-0.15, -0.1) is 0 Å². The van der Waals surface area contributed by atoms with Gasteiger partial charge in [-0.2, -0.15) is 0 Å². The van der Waals surface area contributed by atoms with Gasteiger partial charge >= 0.3 is 0 Å². The van der Waals surface area contributed by atoms with E-state index in [0.29, 0.717) is 5.56 Å². The Morgan fingerprint density at radius 1 is 1.00 bits per heavy atom. The summed E-state index contributed by atoms with van der Waals surface area (Å²) in [5.41, 5.74) is 0.302. The first-order valence-corrected chi connectivity index (χ1v) is 7.46. The maximum atomic E-state index is 12.8. The van der Waals surface area contributed by atoms with Crippen molar-refractivity contribution in [1.82, 2.24) is 0 Å². The topological polar surface area (TPSA) is 104 Å². The lowest BCUT2D eigenvalue weighted by molar-refractivity contribution is 0.0988. The molecule has 0 heterocycles. The van der Waals surface area contributed by atoms with Crippen LogP contribution in [0.1, 0.15) is 45.7 Å². The third kappa shape index (κ3) is 3.33.